The van der Waals surface area contributed by atoms with Crippen molar-refractivity contribution >= 4 is 52.3 Å². The Bertz CT molecular complexity index is 1250. The largest absolute Gasteiger partial charge is 0.324 e. The highest BCUT2D eigenvalue weighted by Crippen LogP contribution is 2.61. The predicted octanol–water partition coefficient (Wildman–Crippen LogP) is 4.04. The van der Waals surface area contributed by atoms with Crippen molar-refractivity contribution in [1.29, 1.82) is 0 Å². The van der Waals surface area contributed by atoms with E-state index >= 15 is 0 Å². The highest BCUT2D eigenvalue weighted by Gasteiger charge is 2.74. The molecule has 0 radical (unpaired) electrons. The van der Waals surface area contributed by atoms with Gasteiger partial charge in [0.15, 0.2) is 0 Å². The van der Waals surface area contributed by atoms with Gasteiger partial charge in [-0.15, -0.1) is 0 Å². The molecule has 0 bridgehead atoms. The number of halogens is 2. The van der Waals surface area contributed by atoms with Crippen LogP contribution in [0.25, 0.3) is 0 Å². The van der Waals surface area contributed by atoms with Crippen LogP contribution in [0.5, 0.6) is 0 Å². The second-order valence-electron chi connectivity index (χ2n) is 9.12. The van der Waals surface area contributed by atoms with Gasteiger partial charge in [-0.05, 0) is 62.6 Å². The van der Waals surface area contributed by atoms with Crippen LogP contribution in [0.1, 0.15) is 29.5 Å². The van der Waals surface area contributed by atoms with E-state index < -0.39 is 17.4 Å². The zero-order valence-electron chi connectivity index (χ0n) is 17.6. The summed E-state index contributed by atoms with van der Waals surface area (Å²) in [7, 11) is 0. The number of benzene rings is 2. The molecule has 2 aromatic rings. The Hall–Kier alpha value is -2.41. The van der Waals surface area contributed by atoms with Gasteiger partial charge in [-0.2, -0.15) is 0 Å². The first kappa shape index (κ1) is 20.2. The predicted molar refractivity (Wildman–Crippen MR) is 122 cm³/mol. The standard InChI is InChI=1S/C24H21Cl2N3O3/c1-11-14(25)5-3-6-16(11)29-21(30)18-17-7-4-10-28(17)24(19(18)22(29)31)13-8-9-15(26)12(2)20(13)27-23(24)32/h3,5-6,8-9,17-19H,4,7,10H2,1-2H3,(H,27,32)/t17-,18-,19-,24+/m0/s1. The molecule has 6 nitrogen and oxygen atoms in total. The van der Waals surface area contributed by atoms with Crippen molar-refractivity contribution < 1.29 is 14.4 Å². The molecule has 164 valence electrons. The van der Waals surface area contributed by atoms with E-state index in [1.54, 1.807) is 31.2 Å². The van der Waals surface area contributed by atoms with Crippen LogP contribution in [0, 0.1) is 25.7 Å². The third-order valence-corrected chi connectivity index (χ3v) is 8.66. The molecule has 3 saturated heterocycles. The molecule has 3 fully saturated rings. The number of nitrogens with one attached hydrogen (secondary N) is 1. The number of hydrogen-bond donors (Lipinski definition) is 1. The Balaban J connectivity index is 1.58. The molecule has 4 atom stereocenters. The van der Waals surface area contributed by atoms with E-state index in [1.165, 1.54) is 4.90 Å². The van der Waals surface area contributed by atoms with Crippen LogP contribution >= 0.6 is 23.2 Å². The number of rotatable bonds is 1. The zero-order chi connectivity index (χ0) is 22.5. The Morgan fingerprint density at radius 3 is 2.53 bits per heavy atom. The summed E-state index contributed by atoms with van der Waals surface area (Å²) in [4.78, 5) is 44.8. The van der Waals surface area contributed by atoms with Gasteiger partial charge in [-0.3, -0.25) is 19.3 Å². The van der Waals surface area contributed by atoms with Crippen molar-refractivity contribution in [1.82, 2.24) is 4.90 Å². The Morgan fingerprint density at radius 2 is 1.75 bits per heavy atom. The Kier molecular flexibility index (Phi) is 4.15. The first-order chi connectivity index (χ1) is 15.3. The molecular formula is C24H21Cl2N3O3. The van der Waals surface area contributed by atoms with Crippen LogP contribution in [0.15, 0.2) is 30.3 Å². The molecule has 4 heterocycles. The summed E-state index contributed by atoms with van der Waals surface area (Å²) in [5.74, 6) is -2.19. The lowest BCUT2D eigenvalue weighted by molar-refractivity contribution is -0.135. The minimum Gasteiger partial charge on any atom is -0.324 e. The molecule has 2 aromatic carbocycles. The van der Waals surface area contributed by atoms with E-state index in [-0.39, 0.29) is 23.8 Å². The number of amides is 3. The van der Waals surface area contributed by atoms with Gasteiger partial charge >= 0.3 is 0 Å². The highest BCUT2D eigenvalue weighted by molar-refractivity contribution is 6.33. The number of carbonyl (C=O) groups excluding carboxylic acids is 3. The molecule has 0 saturated carbocycles. The molecule has 1 N–H and O–H groups in total. The minimum atomic E-state index is -1.20. The summed E-state index contributed by atoms with van der Waals surface area (Å²) < 4.78 is 0. The SMILES string of the molecule is Cc1c(Cl)cccc1N1C(=O)[C@@H]2[C@@H](C1=O)[C@]1(C(=O)Nc3c1ccc(Cl)c3C)N1CCC[C@@H]21. The summed E-state index contributed by atoms with van der Waals surface area (Å²) in [6.07, 6.45) is 1.65. The molecule has 6 rings (SSSR count). The van der Waals surface area contributed by atoms with Gasteiger partial charge in [0, 0.05) is 21.7 Å². The second kappa shape index (κ2) is 6.56. The van der Waals surface area contributed by atoms with E-state index in [2.05, 4.69) is 10.2 Å². The van der Waals surface area contributed by atoms with Gasteiger partial charge < -0.3 is 5.32 Å². The third kappa shape index (κ3) is 2.18. The van der Waals surface area contributed by atoms with Crippen molar-refractivity contribution in [2.45, 2.75) is 38.3 Å². The maximum absolute atomic E-state index is 14.0. The molecule has 0 aromatic heterocycles. The molecule has 32 heavy (non-hydrogen) atoms. The number of nitrogens with zero attached hydrogens (tertiary/aromatic N) is 2. The lowest BCUT2D eigenvalue weighted by atomic mass is 9.75. The summed E-state index contributed by atoms with van der Waals surface area (Å²) in [5, 5.41) is 4.05. The van der Waals surface area contributed by atoms with Crippen LogP contribution < -0.4 is 10.2 Å². The lowest BCUT2D eigenvalue weighted by Gasteiger charge is -2.36. The monoisotopic (exact) mass is 469 g/mol. The van der Waals surface area contributed by atoms with Crippen molar-refractivity contribution in [2.75, 3.05) is 16.8 Å². The van der Waals surface area contributed by atoms with Crippen LogP contribution in [0.3, 0.4) is 0 Å². The number of anilines is 2. The number of carbonyl (C=O) groups is 3. The Morgan fingerprint density at radius 1 is 1.00 bits per heavy atom. The maximum Gasteiger partial charge on any atom is 0.250 e. The average Bonchev–Trinajstić information content (AvgIpc) is 3.46. The normalized spacial score (nSPS) is 30.8. The van der Waals surface area contributed by atoms with Crippen molar-refractivity contribution in [3.8, 4) is 0 Å². The van der Waals surface area contributed by atoms with Gasteiger partial charge in [-0.25, -0.2) is 4.90 Å². The van der Waals surface area contributed by atoms with Gasteiger partial charge in [-0.1, -0.05) is 35.3 Å². The van der Waals surface area contributed by atoms with E-state index in [0.717, 1.165) is 24.0 Å². The topological polar surface area (TPSA) is 69.7 Å². The summed E-state index contributed by atoms with van der Waals surface area (Å²) in [6, 6.07) is 8.67. The molecule has 0 unspecified atom stereocenters. The third-order valence-electron chi connectivity index (χ3n) is 7.84. The fourth-order valence-corrected chi connectivity index (χ4v) is 6.79. The molecule has 0 aliphatic carbocycles. The van der Waals surface area contributed by atoms with Crippen LogP contribution in [-0.2, 0) is 19.9 Å². The summed E-state index contributed by atoms with van der Waals surface area (Å²) in [5.41, 5.74) is 2.14. The average molecular weight is 470 g/mol. The van der Waals surface area contributed by atoms with Crippen LogP contribution in [0.4, 0.5) is 11.4 Å². The Labute approximate surface area is 195 Å². The van der Waals surface area contributed by atoms with Gasteiger partial charge in [0.25, 0.3) is 0 Å². The quantitative estimate of drug-likeness (QED) is 0.639. The number of imide groups is 1. The molecule has 1 spiro atoms. The van der Waals surface area contributed by atoms with E-state index in [9.17, 15) is 14.4 Å². The van der Waals surface area contributed by atoms with E-state index in [0.29, 0.717) is 33.5 Å². The fourth-order valence-electron chi connectivity index (χ4n) is 6.47. The summed E-state index contributed by atoms with van der Waals surface area (Å²) in [6.45, 7) is 4.33. The van der Waals surface area contributed by atoms with E-state index in [4.69, 9.17) is 23.2 Å². The van der Waals surface area contributed by atoms with Crippen LogP contribution in [0.2, 0.25) is 10.0 Å². The molecule has 3 amide bonds. The minimum absolute atomic E-state index is 0.159. The fraction of sp³-hybridized carbons (Fsp3) is 0.375. The molecule has 8 heteroatoms. The number of fused-ring (bicyclic) bond motifs is 7. The van der Waals surface area contributed by atoms with Gasteiger partial charge in [0.1, 0.15) is 5.54 Å². The maximum atomic E-state index is 14.0. The number of hydrogen-bond acceptors (Lipinski definition) is 4. The first-order valence-electron chi connectivity index (χ1n) is 10.8. The zero-order valence-corrected chi connectivity index (χ0v) is 19.1. The van der Waals surface area contributed by atoms with Crippen molar-refractivity contribution in [2.24, 2.45) is 11.8 Å². The van der Waals surface area contributed by atoms with Crippen molar-refractivity contribution in [3.05, 3.63) is 57.1 Å². The first-order valence-corrected chi connectivity index (χ1v) is 11.6. The summed E-state index contributed by atoms with van der Waals surface area (Å²) >= 11 is 12.6. The van der Waals surface area contributed by atoms with Crippen LogP contribution in [-0.4, -0.2) is 35.2 Å². The smallest absolute Gasteiger partial charge is 0.250 e. The van der Waals surface area contributed by atoms with Gasteiger partial charge in [0.05, 0.1) is 23.2 Å². The molecule has 4 aliphatic rings. The van der Waals surface area contributed by atoms with E-state index in [1.807, 2.05) is 13.0 Å². The highest BCUT2D eigenvalue weighted by atomic mass is 35.5. The molecule has 4 aliphatic heterocycles. The molecular weight excluding hydrogens is 449 g/mol. The van der Waals surface area contributed by atoms with Crippen molar-refractivity contribution in [3.63, 3.8) is 0 Å². The lowest BCUT2D eigenvalue weighted by Crippen LogP contribution is -2.54. The van der Waals surface area contributed by atoms with Gasteiger partial charge in [0.2, 0.25) is 17.7 Å². The second-order valence-corrected chi connectivity index (χ2v) is 9.93.